The van der Waals surface area contributed by atoms with Gasteiger partial charge in [0.05, 0.1) is 17.2 Å². The van der Waals surface area contributed by atoms with Gasteiger partial charge in [-0.1, -0.05) is 23.3 Å². The van der Waals surface area contributed by atoms with E-state index in [0.717, 1.165) is 12.3 Å². The van der Waals surface area contributed by atoms with Crippen LogP contribution in [0.15, 0.2) is 23.3 Å². The SMILES string of the molecule is [CH2-][NH2+]C1(C)CCC(C2(C)OC2CC=C(C)C)C2C=C(C)CCC21. The van der Waals surface area contributed by atoms with Crippen molar-refractivity contribution in [2.45, 2.75) is 84.0 Å². The summed E-state index contributed by atoms with van der Waals surface area (Å²) in [5.74, 6) is 2.08. The first kappa shape index (κ1) is 17.2. The minimum Gasteiger partial charge on any atom is -0.474 e. The van der Waals surface area contributed by atoms with Crippen LogP contribution in [0.25, 0.3) is 0 Å². The molecule has 3 aliphatic rings. The highest BCUT2D eigenvalue weighted by Gasteiger charge is 2.62. The lowest BCUT2D eigenvalue weighted by molar-refractivity contribution is -0.686. The van der Waals surface area contributed by atoms with E-state index in [1.807, 2.05) is 0 Å². The largest absolute Gasteiger partial charge is 0.474 e. The van der Waals surface area contributed by atoms with Gasteiger partial charge in [-0.25, -0.2) is 0 Å². The number of nitrogens with two attached hydrogens (primary N) is 1. The molecule has 1 saturated heterocycles. The minimum atomic E-state index is 0.0888. The van der Waals surface area contributed by atoms with E-state index in [4.69, 9.17) is 4.74 Å². The quantitative estimate of drug-likeness (QED) is 0.474. The lowest BCUT2D eigenvalue weighted by Gasteiger charge is -2.51. The first-order chi connectivity index (χ1) is 10.8. The number of hydrogen-bond donors (Lipinski definition) is 1. The lowest BCUT2D eigenvalue weighted by atomic mass is 9.56. The van der Waals surface area contributed by atoms with Crippen molar-refractivity contribution in [2.75, 3.05) is 0 Å². The summed E-state index contributed by atoms with van der Waals surface area (Å²) in [4.78, 5) is 0. The Morgan fingerprint density at radius 3 is 2.74 bits per heavy atom. The molecule has 0 bridgehead atoms. The number of rotatable bonds is 4. The van der Waals surface area contributed by atoms with Crippen LogP contribution in [0.5, 0.6) is 0 Å². The van der Waals surface area contributed by atoms with Crippen molar-refractivity contribution in [1.82, 2.24) is 0 Å². The molecule has 1 saturated carbocycles. The number of ether oxygens (including phenoxy) is 1. The third kappa shape index (κ3) is 3.05. The molecule has 1 heterocycles. The predicted molar refractivity (Wildman–Crippen MR) is 95.7 cm³/mol. The Hall–Kier alpha value is -0.600. The molecule has 2 nitrogen and oxygen atoms in total. The van der Waals surface area contributed by atoms with E-state index in [-0.39, 0.29) is 5.60 Å². The second kappa shape index (κ2) is 6.04. The van der Waals surface area contributed by atoms with Gasteiger partial charge in [-0.2, -0.15) is 7.05 Å². The highest BCUT2D eigenvalue weighted by atomic mass is 16.6. The number of epoxide rings is 1. The molecule has 2 fully saturated rings. The van der Waals surface area contributed by atoms with Crippen LogP contribution in [0.1, 0.15) is 66.7 Å². The highest BCUT2D eigenvalue weighted by Crippen LogP contribution is 2.57. The van der Waals surface area contributed by atoms with Crippen LogP contribution in [-0.2, 0) is 4.74 Å². The van der Waals surface area contributed by atoms with Gasteiger partial charge in [0.25, 0.3) is 0 Å². The van der Waals surface area contributed by atoms with Gasteiger partial charge in [-0.3, -0.25) is 0 Å². The van der Waals surface area contributed by atoms with E-state index in [1.54, 1.807) is 5.57 Å². The number of quaternary nitrogens is 1. The molecule has 6 atom stereocenters. The summed E-state index contributed by atoms with van der Waals surface area (Å²) >= 11 is 0. The maximum absolute atomic E-state index is 6.28. The summed E-state index contributed by atoms with van der Waals surface area (Å²) in [5.41, 5.74) is 3.37. The zero-order chi connectivity index (χ0) is 16.8. The fourth-order valence-corrected chi connectivity index (χ4v) is 5.26. The summed E-state index contributed by atoms with van der Waals surface area (Å²) in [7, 11) is 4.17. The molecule has 0 spiro atoms. The molecule has 0 aromatic heterocycles. The van der Waals surface area contributed by atoms with Crippen LogP contribution < -0.4 is 5.32 Å². The topological polar surface area (TPSA) is 29.1 Å². The van der Waals surface area contributed by atoms with Crippen molar-refractivity contribution >= 4 is 0 Å². The second-order valence-electron chi connectivity index (χ2n) is 8.90. The van der Waals surface area contributed by atoms with Crippen LogP contribution in [0.3, 0.4) is 0 Å². The van der Waals surface area contributed by atoms with E-state index < -0.39 is 0 Å². The fraction of sp³-hybridized carbons (Fsp3) is 0.762. The molecular weight excluding hydrogens is 282 g/mol. The van der Waals surface area contributed by atoms with Crippen LogP contribution in [0.2, 0.25) is 0 Å². The molecule has 0 aromatic rings. The van der Waals surface area contributed by atoms with E-state index in [0.29, 0.717) is 23.5 Å². The maximum Gasteiger partial charge on any atom is 0.0957 e. The Balaban J connectivity index is 1.81. The molecule has 2 heteroatoms. The number of fused-ring (bicyclic) bond motifs is 1. The van der Waals surface area contributed by atoms with Crippen molar-refractivity contribution in [1.29, 1.82) is 0 Å². The molecule has 2 N–H and O–H groups in total. The molecular formula is C21H35NO. The maximum atomic E-state index is 6.28. The van der Waals surface area contributed by atoms with Crippen molar-refractivity contribution in [2.24, 2.45) is 17.8 Å². The average molecular weight is 318 g/mol. The van der Waals surface area contributed by atoms with Gasteiger partial charge in [0.1, 0.15) is 0 Å². The summed E-state index contributed by atoms with van der Waals surface area (Å²) in [6, 6.07) is 0. The molecule has 1 aliphatic heterocycles. The smallest absolute Gasteiger partial charge is 0.0957 e. The molecule has 3 rings (SSSR count). The fourth-order valence-electron chi connectivity index (χ4n) is 5.26. The average Bonchev–Trinajstić information content (AvgIpc) is 3.16. The first-order valence-corrected chi connectivity index (χ1v) is 9.42. The van der Waals surface area contributed by atoms with Gasteiger partial charge >= 0.3 is 0 Å². The Labute approximate surface area is 142 Å². The second-order valence-corrected chi connectivity index (χ2v) is 8.90. The normalized spacial score (nSPS) is 45.9. The van der Waals surface area contributed by atoms with Crippen LogP contribution in [0, 0.1) is 24.8 Å². The van der Waals surface area contributed by atoms with Crippen LogP contribution >= 0.6 is 0 Å². The summed E-state index contributed by atoms with van der Waals surface area (Å²) in [6.45, 7) is 11.5. The number of allylic oxidation sites excluding steroid dienone is 3. The van der Waals surface area contributed by atoms with Crippen molar-refractivity contribution < 1.29 is 10.1 Å². The Bertz CT molecular complexity index is 518. The molecule has 0 radical (unpaired) electrons. The molecule has 23 heavy (non-hydrogen) atoms. The minimum absolute atomic E-state index is 0.0888. The Morgan fingerprint density at radius 2 is 2.09 bits per heavy atom. The van der Waals surface area contributed by atoms with Crippen LogP contribution in [0.4, 0.5) is 0 Å². The van der Waals surface area contributed by atoms with Crippen LogP contribution in [-0.4, -0.2) is 17.2 Å². The van der Waals surface area contributed by atoms with E-state index in [2.05, 4.69) is 59.1 Å². The molecule has 6 unspecified atom stereocenters. The highest BCUT2D eigenvalue weighted by molar-refractivity contribution is 5.19. The standard InChI is InChI=1S/C21H35NO/c1-14(2)7-10-19-21(5,23-19)18-11-12-20(4,22-6)17-9-8-15(3)13-16(17)18/h7,13,16-19H,6,8-12,22H2,1-5H3. The first-order valence-electron chi connectivity index (χ1n) is 9.42. The Kier molecular flexibility index (Phi) is 4.52. The zero-order valence-corrected chi connectivity index (χ0v) is 15.7. The molecule has 2 aliphatic carbocycles. The number of hydrogen-bond acceptors (Lipinski definition) is 1. The van der Waals surface area contributed by atoms with Crippen molar-refractivity contribution in [3.8, 4) is 0 Å². The van der Waals surface area contributed by atoms with E-state index in [9.17, 15) is 0 Å². The molecule has 0 amide bonds. The summed E-state index contributed by atoms with van der Waals surface area (Å²) in [5, 5.41) is 2.24. The van der Waals surface area contributed by atoms with E-state index >= 15 is 0 Å². The zero-order valence-electron chi connectivity index (χ0n) is 15.7. The van der Waals surface area contributed by atoms with Gasteiger partial charge in [0.15, 0.2) is 0 Å². The third-order valence-electron chi connectivity index (χ3n) is 7.02. The van der Waals surface area contributed by atoms with Gasteiger partial charge in [-0.05, 0) is 72.1 Å². The van der Waals surface area contributed by atoms with Crippen molar-refractivity contribution in [3.05, 3.63) is 30.3 Å². The van der Waals surface area contributed by atoms with Gasteiger partial charge < -0.3 is 10.1 Å². The summed E-state index contributed by atoms with van der Waals surface area (Å²) < 4.78 is 6.28. The lowest BCUT2D eigenvalue weighted by Crippen LogP contribution is -2.94. The molecule has 0 aromatic carbocycles. The van der Waals surface area contributed by atoms with E-state index in [1.165, 1.54) is 31.3 Å². The van der Waals surface area contributed by atoms with Gasteiger partial charge in [-0.15, -0.1) is 0 Å². The van der Waals surface area contributed by atoms with Gasteiger partial charge in [0.2, 0.25) is 0 Å². The monoisotopic (exact) mass is 317 g/mol. The summed E-state index contributed by atoms with van der Waals surface area (Å²) in [6.07, 6.45) is 11.5. The van der Waals surface area contributed by atoms with Crippen molar-refractivity contribution in [3.63, 3.8) is 0 Å². The Morgan fingerprint density at radius 1 is 1.35 bits per heavy atom. The predicted octanol–water partition coefficient (Wildman–Crippen LogP) is 4.00. The molecule has 130 valence electrons. The third-order valence-corrected chi connectivity index (χ3v) is 7.02. The van der Waals surface area contributed by atoms with Gasteiger partial charge in [0, 0.05) is 12.3 Å².